The summed E-state index contributed by atoms with van der Waals surface area (Å²) in [6, 6.07) is 0. The maximum absolute atomic E-state index is 4.28. The largest absolute Gasteiger partial charge is 0.292 e. The van der Waals surface area contributed by atoms with Crippen LogP contribution < -0.4 is 0 Å². The van der Waals surface area contributed by atoms with Crippen molar-refractivity contribution < 1.29 is 0 Å². The molecule has 0 aliphatic rings. The molecular formula is C10H19N. The second kappa shape index (κ2) is 3.70. The normalized spacial score (nSPS) is 15.5. The van der Waals surface area contributed by atoms with E-state index >= 15 is 0 Å². The van der Waals surface area contributed by atoms with E-state index < -0.39 is 0 Å². The van der Waals surface area contributed by atoms with Crippen LogP contribution in [0, 0.1) is 5.41 Å². The van der Waals surface area contributed by atoms with Crippen molar-refractivity contribution in [1.29, 1.82) is 0 Å². The molecule has 0 aliphatic carbocycles. The van der Waals surface area contributed by atoms with E-state index in [1.165, 1.54) is 11.3 Å². The molecule has 0 aliphatic heterocycles. The lowest BCUT2D eigenvalue weighted by Crippen LogP contribution is -2.21. The van der Waals surface area contributed by atoms with Gasteiger partial charge in [-0.15, -0.1) is 0 Å². The fourth-order valence-corrected chi connectivity index (χ4v) is 1.24. The number of allylic oxidation sites excluding steroid dienone is 2. The molecule has 0 aromatic heterocycles. The van der Waals surface area contributed by atoms with Gasteiger partial charge in [-0.3, -0.25) is 4.99 Å². The second-order valence-electron chi connectivity index (χ2n) is 3.79. The van der Waals surface area contributed by atoms with E-state index in [0.717, 1.165) is 0 Å². The van der Waals surface area contributed by atoms with Crippen LogP contribution in [-0.2, 0) is 0 Å². The van der Waals surface area contributed by atoms with Gasteiger partial charge in [-0.1, -0.05) is 26.8 Å². The maximum atomic E-state index is 4.28. The van der Waals surface area contributed by atoms with Crippen molar-refractivity contribution in [2.45, 2.75) is 34.6 Å². The highest BCUT2D eigenvalue weighted by Gasteiger charge is 2.18. The molecule has 0 saturated heterocycles. The Morgan fingerprint density at radius 2 is 1.73 bits per heavy atom. The van der Waals surface area contributed by atoms with Crippen LogP contribution in [0.4, 0.5) is 0 Å². The fourth-order valence-electron chi connectivity index (χ4n) is 1.24. The molecule has 0 heterocycles. The highest BCUT2D eigenvalue weighted by molar-refractivity contribution is 6.03. The lowest BCUT2D eigenvalue weighted by Gasteiger charge is -2.21. The Bertz CT molecular complexity index is 180. The molecule has 1 nitrogen and oxygen atoms in total. The number of aliphatic imine (C=N–C) groups is 1. The third-order valence-electron chi connectivity index (χ3n) is 1.74. The van der Waals surface area contributed by atoms with Crippen molar-refractivity contribution >= 4 is 5.71 Å². The summed E-state index contributed by atoms with van der Waals surface area (Å²) in [5.74, 6) is 0. The van der Waals surface area contributed by atoms with Crippen LogP contribution in [0.1, 0.15) is 34.6 Å². The van der Waals surface area contributed by atoms with Gasteiger partial charge in [0.1, 0.15) is 0 Å². The van der Waals surface area contributed by atoms with Gasteiger partial charge in [-0.2, -0.15) is 0 Å². The molecule has 0 aromatic carbocycles. The summed E-state index contributed by atoms with van der Waals surface area (Å²) in [5, 5.41) is 0. The second-order valence-corrected chi connectivity index (χ2v) is 3.79. The molecule has 0 atom stereocenters. The first-order valence-electron chi connectivity index (χ1n) is 4.04. The van der Waals surface area contributed by atoms with Gasteiger partial charge in [0.2, 0.25) is 0 Å². The van der Waals surface area contributed by atoms with Gasteiger partial charge in [0.05, 0.1) is 0 Å². The summed E-state index contributed by atoms with van der Waals surface area (Å²) in [7, 11) is 1.85. The van der Waals surface area contributed by atoms with E-state index in [2.05, 4.69) is 38.8 Å². The quantitative estimate of drug-likeness (QED) is 0.513. The summed E-state index contributed by atoms with van der Waals surface area (Å²) in [4.78, 5) is 4.28. The molecule has 0 N–H and O–H groups in total. The van der Waals surface area contributed by atoms with Gasteiger partial charge in [-0.25, -0.2) is 0 Å². The van der Waals surface area contributed by atoms with E-state index in [4.69, 9.17) is 0 Å². The van der Waals surface area contributed by atoms with E-state index in [1.807, 2.05) is 14.0 Å². The van der Waals surface area contributed by atoms with Crippen molar-refractivity contribution in [3.8, 4) is 0 Å². The Labute approximate surface area is 70.2 Å². The SMILES string of the molecule is C/C=C(C)\C(=N/C)C(C)(C)C. The molecular weight excluding hydrogens is 134 g/mol. The monoisotopic (exact) mass is 153 g/mol. The first-order valence-corrected chi connectivity index (χ1v) is 4.04. The number of nitrogens with zero attached hydrogens (tertiary/aromatic N) is 1. The van der Waals surface area contributed by atoms with Gasteiger partial charge in [0, 0.05) is 18.2 Å². The summed E-state index contributed by atoms with van der Waals surface area (Å²) < 4.78 is 0. The number of hydrogen-bond acceptors (Lipinski definition) is 1. The van der Waals surface area contributed by atoms with Crippen LogP contribution >= 0.6 is 0 Å². The Kier molecular flexibility index (Phi) is 3.50. The standard InChI is InChI=1S/C10H19N/c1-7-8(2)9(11-6)10(3,4)5/h7H,1-6H3/b8-7-,11-9+. The lowest BCUT2D eigenvalue weighted by molar-refractivity contribution is 0.590. The highest BCUT2D eigenvalue weighted by Crippen LogP contribution is 2.20. The molecule has 0 fully saturated rings. The summed E-state index contributed by atoms with van der Waals surface area (Å²) in [5.41, 5.74) is 2.64. The minimum absolute atomic E-state index is 0.172. The van der Waals surface area contributed by atoms with Crippen LogP contribution in [0.2, 0.25) is 0 Å². The zero-order valence-corrected chi connectivity index (χ0v) is 8.52. The molecule has 0 saturated carbocycles. The van der Waals surface area contributed by atoms with Crippen molar-refractivity contribution in [3.05, 3.63) is 11.6 Å². The van der Waals surface area contributed by atoms with Crippen LogP contribution in [-0.4, -0.2) is 12.8 Å². The predicted molar refractivity (Wildman–Crippen MR) is 52.2 cm³/mol. The Morgan fingerprint density at radius 1 is 1.27 bits per heavy atom. The van der Waals surface area contributed by atoms with Crippen LogP contribution in [0.3, 0.4) is 0 Å². The fraction of sp³-hybridized carbons (Fsp3) is 0.700. The van der Waals surface area contributed by atoms with Gasteiger partial charge in [0.15, 0.2) is 0 Å². The molecule has 11 heavy (non-hydrogen) atoms. The highest BCUT2D eigenvalue weighted by atomic mass is 14.7. The van der Waals surface area contributed by atoms with Crippen molar-refractivity contribution in [2.24, 2.45) is 10.4 Å². The van der Waals surface area contributed by atoms with Crippen LogP contribution in [0.25, 0.3) is 0 Å². The summed E-state index contributed by atoms with van der Waals surface area (Å²) in [6.07, 6.45) is 2.10. The van der Waals surface area contributed by atoms with Gasteiger partial charge < -0.3 is 0 Å². The average molecular weight is 153 g/mol. The predicted octanol–water partition coefficient (Wildman–Crippen LogP) is 3.07. The first-order chi connectivity index (χ1) is 4.93. The zero-order chi connectivity index (χ0) is 9.07. The minimum atomic E-state index is 0.172. The number of rotatable bonds is 1. The van der Waals surface area contributed by atoms with Crippen molar-refractivity contribution in [3.63, 3.8) is 0 Å². The molecule has 0 amide bonds. The summed E-state index contributed by atoms with van der Waals surface area (Å²) in [6.45, 7) is 10.7. The molecule has 0 radical (unpaired) electrons. The summed E-state index contributed by atoms with van der Waals surface area (Å²) >= 11 is 0. The smallest absolute Gasteiger partial charge is 0.0424 e. The van der Waals surface area contributed by atoms with Gasteiger partial charge in [-0.05, 0) is 19.4 Å². The third-order valence-corrected chi connectivity index (χ3v) is 1.74. The first kappa shape index (κ1) is 10.4. The Morgan fingerprint density at radius 3 is 1.82 bits per heavy atom. The van der Waals surface area contributed by atoms with Crippen LogP contribution in [0.5, 0.6) is 0 Å². The van der Waals surface area contributed by atoms with Crippen LogP contribution in [0.15, 0.2) is 16.6 Å². The average Bonchev–Trinajstić information content (AvgIpc) is 1.86. The molecule has 0 rings (SSSR count). The minimum Gasteiger partial charge on any atom is -0.292 e. The Hall–Kier alpha value is -0.590. The molecule has 0 spiro atoms. The van der Waals surface area contributed by atoms with E-state index in [1.54, 1.807) is 0 Å². The van der Waals surface area contributed by atoms with Gasteiger partial charge >= 0.3 is 0 Å². The topological polar surface area (TPSA) is 12.4 Å². The van der Waals surface area contributed by atoms with Crippen molar-refractivity contribution in [1.82, 2.24) is 0 Å². The van der Waals surface area contributed by atoms with E-state index in [0.29, 0.717) is 0 Å². The molecule has 64 valence electrons. The van der Waals surface area contributed by atoms with Gasteiger partial charge in [0.25, 0.3) is 0 Å². The molecule has 0 bridgehead atoms. The van der Waals surface area contributed by atoms with E-state index in [9.17, 15) is 0 Å². The maximum Gasteiger partial charge on any atom is 0.0424 e. The molecule has 0 aromatic rings. The van der Waals surface area contributed by atoms with Crippen molar-refractivity contribution in [2.75, 3.05) is 7.05 Å². The lowest BCUT2D eigenvalue weighted by atomic mass is 9.86. The Balaban J connectivity index is 4.73. The molecule has 0 unspecified atom stereocenters. The van der Waals surface area contributed by atoms with E-state index in [-0.39, 0.29) is 5.41 Å². The number of hydrogen-bond donors (Lipinski definition) is 0. The zero-order valence-electron chi connectivity index (χ0n) is 8.52. The molecule has 1 heteroatoms. The third kappa shape index (κ3) is 2.87.